The Hall–Kier alpha value is -0.910. The fourth-order valence-electron chi connectivity index (χ4n) is 2.19. The zero-order valence-electron chi connectivity index (χ0n) is 10.4. The van der Waals surface area contributed by atoms with Crippen molar-refractivity contribution in [2.24, 2.45) is 5.92 Å². The lowest BCUT2D eigenvalue weighted by molar-refractivity contribution is 0.376. The van der Waals surface area contributed by atoms with Crippen LogP contribution in [0.25, 0.3) is 0 Å². The van der Waals surface area contributed by atoms with Crippen LogP contribution in [0.3, 0.4) is 0 Å². The van der Waals surface area contributed by atoms with Gasteiger partial charge in [-0.3, -0.25) is 0 Å². The first-order valence-corrected chi connectivity index (χ1v) is 8.03. The SMILES string of the molecule is O=S(=O)(Cc1ccccc1)NCC1CCCNC1. The molecular formula is C13H20N2O2S. The van der Waals surface area contributed by atoms with Gasteiger partial charge in [0.05, 0.1) is 5.75 Å². The van der Waals surface area contributed by atoms with Gasteiger partial charge >= 0.3 is 0 Å². The molecule has 5 heteroatoms. The molecule has 1 aromatic rings. The van der Waals surface area contributed by atoms with Crippen LogP contribution < -0.4 is 10.0 Å². The van der Waals surface area contributed by atoms with Gasteiger partial charge in [-0.25, -0.2) is 13.1 Å². The van der Waals surface area contributed by atoms with Crippen molar-refractivity contribution >= 4 is 10.0 Å². The second kappa shape index (κ2) is 6.31. The average molecular weight is 268 g/mol. The van der Waals surface area contributed by atoms with Crippen molar-refractivity contribution in [1.29, 1.82) is 0 Å². The first kappa shape index (κ1) is 13.5. The predicted octanol–water partition coefficient (Wildman–Crippen LogP) is 1.11. The fraction of sp³-hybridized carbons (Fsp3) is 0.538. The molecule has 0 bridgehead atoms. The minimum Gasteiger partial charge on any atom is -0.316 e. The third-order valence-corrected chi connectivity index (χ3v) is 4.51. The van der Waals surface area contributed by atoms with Gasteiger partial charge in [-0.2, -0.15) is 0 Å². The van der Waals surface area contributed by atoms with E-state index in [0.29, 0.717) is 12.5 Å². The summed E-state index contributed by atoms with van der Waals surface area (Å²) in [6.45, 7) is 2.50. The molecule has 0 spiro atoms. The van der Waals surface area contributed by atoms with E-state index in [1.165, 1.54) is 0 Å². The molecule has 0 saturated carbocycles. The molecule has 4 nitrogen and oxygen atoms in total. The third kappa shape index (κ3) is 4.40. The lowest BCUT2D eigenvalue weighted by atomic mass is 10.0. The maximum atomic E-state index is 11.9. The molecule has 100 valence electrons. The summed E-state index contributed by atoms with van der Waals surface area (Å²) >= 11 is 0. The summed E-state index contributed by atoms with van der Waals surface area (Å²) in [5.74, 6) is 0.484. The number of nitrogens with one attached hydrogen (secondary N) is 2. The Morgan fingerprint density at radius 2 is 2.06 bits per heavy atom. The summed E-state index contributed by atoms with van der Waals surface area (Å²) in [7, 11) is -3.21. The second-order valence-electron chi connectivity index (χ2n) is 4.81. The molecule has 18 heavy (non-hydrogen) atoms. The monoisotopic (exact) mass is 268 g/mol. The van der Waals surface area contributed by atoms with Crippen molar-refractivity contribution in [3.63, 3.8) is 0 Å². The lowest BCUT2D eigenvalue weighted by Crippen LogP contribution is -2.38. The van der Waals surface area contributed by atoms with Crippen LogP contribution >= 0.6 is 0 Å². The van der Waals surface area contributed by atoms with Crippen molar-refractivity contribution in [1.82, 2.24) is 10.0 Å². The molecule has 2 N–H and O–H groups in total. The number of sulfonamides is 1. The summed E-state index contributed by atoms with van der Waals surface area (Å²) in [6, 6.07) is 9.27. The van der Waals surface area contributed by atoms with Crippen LogP contribution in [0, 0.1) is 5.92 Å². The average Bonchev–Trinajstić information content (AvgIpc) is 2.38. The summed E-state index contributed by atoms with van der Waals surface area (Å²) in [5.41, 5.74) is 0.826. The van der Waals surface area contributed by atoms with E-state index in [2.05, 4.69) is 10.0 Å². The van der Waals surface area contributed by atoms with Crippen LogP contribution in [0.15, 0.2) is 30.3 Å². The van der Waals surface area contributed by atoms with Gasteiger partial charge in [0, 0.05) is 6.54 Å². The highest BCUT2D eigenvalue weighted by atomic mass is 32.2. The Morgan fingerprint density at radius 1 is 1.28 bits per heavy atom. The predicted molar refractivity (Wildman–Crippen MR) is 72.7 cm³/mol. The molecule has 1 atom stereocenters. The van der Waals surface area contributed by atoms with Gasteiger partial charge < -0.3 is 5.32 Å². The molecule has 1 unspecified atom stereocenters. The minimum atomic E-state index is -3.21. The maximum absolute atomic E-state index is 11.9. The van der Waals surface area contributed by atoms with E-state index in [0.717, 1.165) is 31.5 Å². The van der Waals surface area contributed by atoms with Crippen molar-refractivity contribution in [2.45, 2.75) is 18.6 Å². The van der Waals surface area contributed by atoms with Gasteiger partial charge in [-0.05, 0) is 37.4 Å². The summed E-state index contributed by atoms with van der Waals surface area (Å²) in [5, 5.41) is 3.29. The van der Waals surface area contributed by atoms with Gasteiger partial charge in [-0.15, -0.1) is 0 Å². The molecule has 1 saturated heterocycles. The van der Waals surface area contributed by atoms with Crippen molar-refractivity contribution < 1.29 is 8.42 Å². The van der Waals surface area contributed by atoms with Gasteiger partial charge in [0.25, 0.3) is 0 Å². The Labute approximate surface area is 109 Å². The van der Waals surface area contributed by atoms with Crippen LogP contribution in [0.5, 0.6) is 0 Å². The molecule has 1 aliphatic heterocycles. The molecule has 0 amide bonds. The summed E-state index contributed by atoms with van der Waals surface area (Å²) in [6.07, 6.45) is 2.23. The molecule has 1 aliphatic rings. The van der Waals surface area contributed by atoms with Crippen molar-refractivity contribution in [3.8, 4) is 0 Å². The Kier molecular flexibility index (Phi) is 4.74. The van der Waals surface area contributed by atoms with E-state index in [-0.39, 0.29) is 5.75 Å². The zero-order chi connectivity index (χ0) is 12.8. The van der Waals surface area contributed by atoms with Crippen molar-refractivity contribution in [2.75, 3.05) is 19.6 Å². The van der Waals surface area contributed by atoms with E-state index < -0.39 is 10.0 Å². The Bertz CT molecular complexity index is 453. The molecule has 0 radical (unpaired) electrons. The van der Waals surface area contributed by atoms with Crippen LogP contribution in [0.1, 0.15) is 18.4 Å². The van der Waals surface area contributed by atoms with E-state index in [9.17, 15) is 8.42 Å². The van der Waals surface area contributed by atoms with Gasteiger partial charge in [0.2, 0.25) is 10.0 Å². The number of hydrogen-bond donors (Lipinski definition) is 2. The summed E-state index contributed by atoms with van der Waals surface area (Å²) < 4.78 is 26.5. The molecule has 0 aliphatic carbocycles. The molecule has 1 fully saturated rings. The van der Waals surface area contributed by atoms with Gasteiger partial charge in [-0.1, -0.05) is 30.3 Å². The maximum Gasteiger partial charge on any atom is 0.215 e. The lowest BCUT2D eigenvalue weighted by Gasteiger charge is -2.22. The van der Waals surface area contributed by atoms with E-state index in [1.54, 1.807) is 0 Å². The highest BCUT2D eigenvalue weighted by Gasteiger charge is 2.17. The smallest absolute Gasteiger partial charge is 0.215 e. The highest BCUT2D eigenvalue weighted by Crippen LogP contribution is 2.10. The topological polar surface area (TPSA) is 58.2 Å². The van der Waals surface area contributed by atoms with E-state index >= 15 is 0 Å². The van der Waals surface area contributed by atoms with Crippen LogP contribution in [-0.4, -0.2) is 28.1 Å². The number of rotatable bonds is 5. The van der Waals surface area contributed by atoms with Gasteiger partial charge in [0.15, 0.2) is 0 Å². The fourth-order valence-corrected chi connectivity index (χ4v) is 3.41. The molecule has 0 aromatic heterocycles. The largest absolute Gasteiger partial charge is 0.316 e. The summed E-state index contributed by atoms with van der Waals surface area (Å²) in [4.78, 5) is 0. The van der Waals surface area contributed by atoms with Crippen LogP contribution in [-0.2, 0) is 15.8 Å². The normalized spacial score (nSPS) is 20.8. The molecular weight excluding hydrogens is 248 g/mol. The Balaban J connectivity index is 1.83. The second-order valence-corrected chi connectivity index (χ2v) is 6.61. The zero-order valence-corrected chi connectivity index (χ0v) is 11.2. The number of hydrogen-bond acceptors (Lipinski definition) is 3. The quantitative estimate of drug-likeness (QED) is 0.841. The Morgan fingerprint density at radius 3 is 2.72 bits per heavy atom. The van der Waals surface area contributed by atoms with E-state index in [4.69, 9.17) is 0 Å². The number of piperidine rings is 1. The minimum absolute atomic E-state index is 0.0635. The molecule has 1 aromatic carbocycles. The van der Waals surface area contributed by atoms with Crippen LogP contribution in [0.2, 0.25) is 0 Å². The standard InChI is InChI=1S/C13H20N2O2S/c16-18(17,11-12-5-2-1-3-6-12)15-10-13-7-4-8-14-9-13/h1-3,5-6,13-15H,4,7-11H2. The molecule has 1 heterocycles. The van der Waals surface area contributed by atoms with Crippen LogP contribution in [0.4, 0.5) is 0 Å². The van der Waals surface area contributed by atoms with Crippen molar-refractivity contribution in [3.05, 3.63) is 35.9 Å². The first-order chi connectivity index (χ1) is 8.66. The van der Waals surface area contributed by atoms with E-state index in [1.807, 2.05) is 30.3 Å². The third-order valence-electron chi connectivity index (χ3n) is 3.19. The van der Waals surface area contributed by atoms with Gasteiger partial charge in [0.1, 0.15) is 0 Å². The number of benzene rings is 1. The highest BCUT2D eigenvalue weighted by molar-refractivity contribution is 7.88. The first-order valence-electron chi connectivity index (χ1n) is 6.38. The molecule has 2 rings (SSSR count).